The first kappa shape index (κ1) is 28.8. The summed E-state index contributed by atoms with van der Waals surface area (Å²) in [5, 5.41) is 0. The standard InChI is InChI=1S/C33H31BrN2O4S/c1-5-39-32(38)29-21(4)35-33-36(30(29)25-12-10-24(11-13-25)20(2)3)31(37)28(41-33)18-22-8-16-27(17-9-22)40-19-23-6-14-26(34)15-7-23/h6-18,20,30H,5,19H2,1-4H3/b28-18-/t30-/m1/s1. The molecule has 8 heteroatoms. The van der Waals surface area contributed by atoms with Gasteiger partial charge < -0.3 is 9.47 Å². The van der Waals surface area contributed by atoms with Gasteiger partial charge in [0.05, 0.1) is 28.5 Å². The van der Waals surface area contributed by atoms with Crippen LogP contribution in [-0.4, -0.2) is 17.1 Å². The number of carbonyl (C=O) groups excluding carboxylic acids is 1. The van der Waals surface area contributed by atoms with E-state index in [9.17, 15) is 9.59 Å². The minimum Gasteiger partial charge on any atom is -0.489 e. The Hall–Kier alpha value is -3.75. The van der Waals surface area contributed by atoms with Crippen molar-refractivity contribution in [3.05, 3.63) is 130 Å². The molecule has 41 heavy (non-hydrogen) atoms. The topological polar surface area (TPSA) is 69.9 Å². The van der Waals surface area contributed by atoms with Gasteiger partial charge in [0.15, 0.2) is 4.80 Å². The summed E-state index contributed by atoms with van der Waals surface area (Å²) < 4.78 is 14.5. The summed E-state index contributed by atoms with van der Waals surface area (Å²) in [5.41, 5.74) is 4.71. The lowest BCUT2D eigenvalue weighted by molar-refractivity contribution is -0.139. The maximum absolute atomic E-state index is 13.8. The zero-order valence-electron chi connectivity index (χ0n) is 23.4. The Morgan fingerprint density at radius 2 is 1.73 bits per heavy atom. The molecular formula is C33H31BrN2O4S. The maximum Gasteiger partial charge on any atom is 0.338 e. The van der Waals surface area contributed by atoms with E-state index in [1.54, 1.807) is 18.4 Å². The smallest absolute Gasteiger partial charge is 0.338 e. The number of allylic oxidation sites excluding steroid dienone is 1. The molecule has 1 aliphatic rings. The third-order valence-electron chi connectivity index (χ3n) is 6.93. The van der Waals surface area contributed by atoms with Crippen molar-refractivity contribution in [2.24, 2.45) is 4.99 Å². The minimum absolute atomic E-state index is 0.198. The fourth-order valence-corrected chi connectivity index (χ4v) is 6.04. The Kier molecular flexibility index (Phi) is 8.71. The Morgan fingerprint density at radius 3 is 2.37 bits per heavy atom. The zero-order chi connectivity index (χ0) is 29.1. The molecular weight excluding hydrogens is 600 g/mol. The maximum atomic E-state index is 13.8. The number of halogens is 1. The highest BCUT2D eigenvalue weighted by molar-refractivity contribution is 9.10. The minimum atomic E-state index is -0.622. The van der Waals surface area contributed by atoms with Gasteiger partial charge >= 0.3 is 5.97 Å². The molecule has 0 saturated carbocycles. The second-order valence-electron chi connectivity index (χ2n) is 10.1. The number of ether oxygens (including phenoxy) is 2. The molecule has 4 aromatic rings. The molecule has 0 bridgehead atoms. The van der Waals surface area contributed by atoms with E-state index >= 15 is 0 Å². The summed E-state index contributed by atoms with van der Waals surface area (Å²) in [7, 11) is 0. The van der Waals surface area contributed by atoms with Gasteiger partial charge in [-0.3, -0.25) is 9.36 Å². The van der Waals surface area contributed by atoms with E-state index < -0.39 is 12.0 Å². The van der Waals surface area contributed by atoms with E-state index in [1.807, 2.05) is 78.9 Å². The number of benzene rings is 3. The largest absolute Gasteiger partial charge is 0.489 e. The van der Waals surface area contributed by atoms with Crippen molar-refractivity contribution in [2.45, 2.75) is 46.3 Å². The van der Waals surface area contributed by atoms with Crippen molar-refractivity contribution >= 4 is 39.3 Å². The number of fused-ring (bicyclic) bond motifs is 1. The number of thiazole rings is 1. The predicted octanol–water partition coefficient (Wildman–Crippen LogP) is 6.26. The second kappa shape index (κ2) is 12.4. The van der Waals surface area contributed by atoms with Crippen LogP contribution in [0.4, 0.5) is 0 Å². The highest BCUT2D eigenvalue weighted by Crippen LogP contribution is 2.31. The molecule has 0 aliphatic carbocycles. The Morgan fingerprint density at radius 1 is 1.05 bits per heavy atom. The van der Waals surface area contributed by atoms with Crippen LogP contribution < -0.4 is 19.6 Å². The van der Waals surface area contributed by atoms with Crippen LogP contribution in [0.1, 0.15) is 61.9 Å². The van der Waals surface area contributed by atoms with E-state index in [1.165, 1.54) is 16.9 Å². The lowest BCUT2D eigenvalue weighted by Gasteiger charge is -2.25. The SMILES string of the molecule is CCOC(=O)C1=C(C)N=c2s/c(=C\c3ccc(OCc4ccc(Br)cc4)cc3)c(=O)n2[C@@H]1c1ccc(C(C)C)cc1. The molecule has 0 amide bonds. The average molecular weight is 632 g/mol. The molecule has 3 aromatic carbocycles. The van der Waals surface area contributed by atoms with E-state index in [-0.39, 0.29) is 12.2 Å². The first-order valence-electron chi connectivity index (χ1n) is 13.5. The van der Waals surface area contributed by atoms with Crippen LogP contribution in [0, 0.1) is 0 Å². The summed E-state index contributed by atoms with van der Waals surface area (Å²) in [6, 6.07) is 23.1. The van der Waals surface area contributed by atoms with E-state index in [0.717, 1.165) is 26.9 Å². The van der Waals surface area contributed by atoms with Gasteiger partial charge in [-0.25, -0.2) is 9.79 Å². The highest BCUT2D eigenvalue weighted by Gasteiger charge is 2.33. The molecule has 0 fully saturated rings. The van der Waals surface area contributed by atoms with Gasteiger partial charge in [0.25, 0.3) is 5.56 Å². The van der Waals surface area contributed by atoms with Gasteiger partial charge in [0.1, 0.15) is 12.4 Å². The van der Waals surface area contributed by atoms with Gasteiger partial charge in [-0.05, 0) is 72.4 Å². The van der Waals surface area contributed by atoms with Crippen LogP contribution in [0.2, 0.25) is 0 Å². The summed E-state index contributed by atoms with van der Waals surface area (Å²) in [6.45, 7) is 8.53. The first-order chi connectivity index (χ1) is 19.7. The monoisotopic (exact) mass is 630 g/mol. The Labute approximate surface area is 251 Å². The first-order valence-corrected chi connectivity index (χ1v) is 15.1. The molecule has 0 N–H and O–H groups in total. The molecule has 210 valence electrons. The molecule has 2 heterocycles. The number of nitrogens with zero attached hydrogens (tertiary/aromatic N) is 2. The quantitative estimate of drug-likeness (QED) is 0.215. The molecule has 0 radical (unpaired) electrons. The van der Waals surface area contributed by atoms with Crippen LogP contribution >= 0.6 is 27.3 Å². The summed E-state index contributed by atoms with van der Waals surface area (Å²) in [5.74, 6) is 0.649. The van der Waals surface area contributed by atoms with Crippen LogP contribution in [0.5, 0.6) is 5.75 Å². The number of hydrogen-bond donors (Lipinski definition) is 0. The van der Waals surface area contributed by atoms with Gasteiger partial charge in [0.2, 0.25) is 0 Å². The zero-order valence-corrected chi connectivity index (χ0v) is 25.8. The van der Waals surface area contributed by atoms with Crippen molar-refractivity contribution in [2.75, 3.05) is 6.61 Å². The molecule has 1 atom stereocenters. The normalized spacial score (nSPS) is 15.1. The second-order valence-corrected chi connectivity index (χ2v) is 12.0. The van der Waals surface area contributed by atoms with E-state index in [0.29, 0.717) is 33.1 Å². The summed E-state index contributed by atoms with van der Waals surface area (Å²) in [6.07, 6.45) is 1.85. The van der Waals surface area contributed by atoms with Crippen LogP contribution in [0.25, 0.3) is 6.08 Å². The molecule has 5 rings (SSSR count). The third-order valence-corrected chi connectivity index (χ3v) is 8.44. The lowest BCUT2D eigenvalue weighted by atomic mass is 9.93. The Bertz CT molecular complexity index is 1770. The number of carbonyl (C=O) groups is 1. The van der Waals surface area contributed by atoms with Crippen LogP contribution in [0.3, 0.4) is 0 Å². The third kappa shape index (κ3) is 6.29. The summed E-state index contributed by atoms with van der Waals surface area (Å²) in [4.78, 5) is 32.2. The van der Waals surface area contributed by atoms with Crippen molar-refractivity contribution < 1.29 is 14.3 Å². The number of esters is 1. The van der Waals surface area contributed by atoms with Gasteiger partial charge in [0, 0.05) is 4.47 Å². The number of hydrogen-bond acceptors (Lipinski definition) is 6. The Balaban J connectivity index is 1.49. The fraction of sp³-hybridized carbons (Fsp3) is 0.242. The van der Waals surface area contributed by atoms with Gasteiger partial charge in [-0.2, -0.15) is 0 Å². The van der Waals surface area contributed by atoms with Gasteiger partial charge in [-0.1, -0.05) is 89.6 Å². The van der Waals surface area contributed by atoms with Crippen LogP contribution in [0.15, 0.2) is 98.3 Å². The highest BCUT2D eigenvalue weighted by atomic mass is 79.9. The lowest BCUT2D eigenvalue weighted by Crippen LogP contribution is -2.39. The van der Waals surface area contributed by atoms with Crippen molar-refractivity contribution in [3.8, 4) is 5.75 Å². The average Bonchev–Trinajstić information content (AvgIpc) is 3.26. The molecule has 6 nitrogen and oxygen atoms in total. The van der Waals surface area contributed by atoms with E-state index in [4.69, 9.17) is 9.47 Å². The number of rotatable bonds is 8. The predicted molar refractivity (Wildman–Crippen MR) is 166 cm³/mol. The molecule has 1 aliphatic heterocycles. The molecule has 0 spiro atoms. The summed E-state index contributed by atoms with van der Waals surface area (Å²) >= 11 is 4.76. The van der Waals surface area contributed by atoms with Gasteiger partial charge in [-0.15, -0.1) is 0 Å². The van der Waals surface area contributed by atoms with E-state index in [2.05, 4.69) is 34.8 Å². The molecule has 1 aromatic heterocycles. The number of aromatic nitrogens is 1. The van der Waals surface area contributed by atoms with Crippen molar-refractivity contribution in [1.29, 1.82) is 0 Å². The van der Waals surface area contributed by atoms with Crippen molar-refractivity contribution in [1.82, 2.24) is 4.57 Å². The van der Waals surface area contributed by atoms with Crippen molar-refractivity contribution in [3.63, 3.8) is 0 Å². The van der Waals surface area contributed by atoms with Crippen LogP contribution in [-0.2, 0) is 16.1 Å². The molecule has 0 saturated heterocycles. The molecule has 0 unspecified atom stereocenters. The fourth-order valence-electron chi connectivity index (χ4n) is 4.73.